The minimum atomic E-state index is 0.822. The molecule has 0 spiro atoms. The van der Waals surface area contributed by atoms with E-state index in [1.54, 1.807) is 6.33 Å². The second-order valence-electron chi connectivity index (χ2n) is 5.13. The van der Waals surface area contributed by atoms with Crippen LogP contribution in [0.3, 0.4) is 0 Å². The summed E-state index contributed by atoms with van der Waals surface area (Å²) in [5, 5.41) is 5.18. The molecule has 1 aliphatic heterocycles. The zero-order valence-electron chi connectivity index (χ0n) is 11.4. The fourth-order valence-electron chi connectivity index (χ4n) is 2.54. The summed E-state index contributed by atoms with van der Waals surface area (Å²) in [4.78, 5) is 10.5. The number of hydrogen-bond acceptors (Lipinski definition) is 3. The van der Waals surface area contributed by atoms with Crippen LogP contribution in [0.1, 0.15) is 25.7 Å². The number of aromatic nitrogens is 2. The lowest BCUT2D eigenvalue weighted by atomic mass is 10.2. The van der Waals surface area contributed by atoms with Crippen molar-refractivity contribution in [3.05, 3.63) is 30.7 Å². The van der Waals surface area contributed by atoms with Gasteiger partial charge in [-0.3, -0.25) is 0 Å². The Kier molecular flexibility index (Phi) is 4.06. The third-order valence-electron chi connectivity index (χ3n) is 3.65. The molecule has 2 heterocycles. The van der Waals surface area contributed by atoms with E-state index in [9.17, 15) is 0 Å². The minimum Gasteiger partial charge on any atom is -0.349 e. The molecule has 104 valence electrons. The Hall–Kier alpha value is -1.75. The first kappa shape index (κ1) is 13.2. The van der Waals surface area contributed by atoms with Gasteiger partial charge in [-0.1, -0.05) is 12.8 Å². The molecule has 0 amide bonds. The van der Waals surface area contributed by atoms with Crippen molar-refractivity contribution >= 4 is 33.9 Å². The number of hydrogen-bond donors (Lipinski definition) is 1. The normalized spacial score (nSPS) is 15.9. The second-order valence-corrected chi connectivity index (χ2v) is 5.51. The van der Waals surface area contributed by atoms with E-state index in [0.717, 1.165) is 34.8 Å². The third kappa shape index (κ3) is 3.04. The third-order valence-corrected chi connectivity index (χ3v) is 4.01. The van der Waals surface area contributed by atoms with Crippen LogP contribution in [0, 0.1) is 0 Å². The van der Waals surface area contributed by atoms with E-state index < -0.39 is 0 Å². The van der Waals surface area contributed by atoms with Crippen LogP contribution in [0.15, 0.2) is 30.7 Å². The predicted molar refractivity (Wildman–Crippen MR) is 85.8 cm³/mol. The Balaban J connectivity index is 1.73. The van der Waals surface area contributed by atoms with Crippen LogP contribution >= 0.6 is 12.2 Å². The molecule has 3 rings (SSSR count). The highest BCUT2D eigenvalue weighted by Gasteiger charge is 2.12. The summed E-state index contributed by atoms with van der Waals surface area (Å²) in [6.07, 6.45) is 8.47. The highest BCUT2D eigenvalue weighted by molar-refractivity contribution is 7.80. The van der Waals surface area contributed by atoms with Crippen molar-refractivity contribution in [1.29, 1.82) is 0 Å². The van der Waals surface area contributed by atoms with Crippen LogP contribution in [-0.4, -0.2) is 33.1 Å². The van der Waals surface area contributed by atoms with E-state index in [1.165, 1.54) is 25.7 Å². The van der Waals surface area contributed by atoms with Gasteiger partial charge < -0.3 is 10.2 Å². The average molecular weight is 286 g/mol. The average Bonchev–Trinajstić information content (AvgIpc) is 2.76. The molecule has 1 N–H and O–H groups in total. The highest BCUT2D eigenvalue weighted by atomic mass is 32.1. The summed E-state index contributed by atoms with van der Waals surface area (Å²) in [5.41, 5.74) is 1.95. The van der Waals surface area contributed by atoms with Crippen LogP contribution in [0.2, 0.25) is 0 Å². The Morgan fingerprint density at radius 1 is 1.15 bits per heavy atom. The number of anilines is 1. The van der Waals surface area contributed by atoms with E-state index in [0.29, 0.717) is 0 Å². The highest BCUT2D eigenvalue weighted by Crippen LogP contribution is 2.17. The molecule has 0 saturated carbocycles. The number of nitrogens with one attached hydrogen (secondary N) is 1. The zero-order chi connectivity index (χ0) is 13.8. The quantitative estimate of drug-likeness (QED) is 0.815. The predicted octanol–water partition coefficient (Wildman–Crippen LogP) is 3.20. The van der Waals surface area contributed by atoms with Gasteiger partial charge in [0.05, 0.1) is 5.52 Å². The second kappa shape index (κ2) is 6.13. The summed E-state index contributed by atoms with van der Waals surface area (Å²) >= 11 is 5.52. The number of likely N-dealkylation sites (tertiary alicyclic amines) is 1. The van der Waals surface area contributed by atoms with Crippen LogP contribution in [-0.2, 0) is 0 Å². The SMILES string of the molecule is S=C(Nc1ccc2ncncc2c1)N1CCCCCC1. The molecule has 1 saturated heterocycles. The van der Waals surface area contributed by atoms with Gasteiger partial charge in [0.1, 0.15) is 6.33 Å². The summed E-state index contributed by atoms with van der Waals surface area (Å²) in [6, 6.07) is 6.04. The number of fused-ring (bicyclic) bond motifs is 1. The van der Waals surface area contributed by atoms with E-state index in [1.807, 2.05) is 24.4 Å². The van der Waals surface area contributed by atoms with E-state index in [4.69, 9.17) is 12.2 Å². The Labute approximate surface area is 124 Å². The lowest BCUT2D eigenvalue weighted by Crippen LogP contribution is -2.35. The van der Waals surface area contributed by atoms with Crippen molar-refractivity contribution < 1.29 is 0 Å². The fraction of sp³-hybridized carbons (Fsp3) is 0.400. The molecule has 2 aromatic rings. The maximum atomic E-state index is 5.52. The van der Waals surface area contributed by atoms with Gasteiger partial charge in [-0.05, 0) is 43.3 Å². The van der Waals surface area contributed by atoms with Gasteiger partial charge >= 0.3 is 0 Å². The lowest BCUT2D eigenvalue weighted by molar-refractivity contribution is 0.441. The maximum Gasteiger partial charge on any atom is 0.173 e. The summed E-state index contributed by atoms with van der Waals surface area (Å²) in [5.74, 6) is 0. The van der Waals surface area contributed by atoms with Crippen LogP contribution in [0.5, 0.6) is 0 Å². The van der Waals surface area contributed by atoms with Gasteiger partial charge in [0.2, 0.25) is 0 Å². The molecule has 0 atom stereocenters. The molecule has 1 aromatic carbocycles. The molecule has 0 unspecified atom stereocenters. The Morgan fingerprint density at radius 3 is 2.75 bits per heavy atom. The molecule has 0 radical (unpaired) electrons. The zero-order valence-corrected chi connectivity index (χ0v) is 12.2. The number of rotatable bonds is 1. The van der Waals surface area contributed by atoms with E-state index in [2.05, 4.69) is 20.2 Å². The van der Waals surface area contributed by atoms with Gasteiger partial charge in [0, 0.05) is 30.4 Å². The Bertz CT molecular complexity index is 606. The minimum absolute atomic E-state index is 0.822. The molecule has 0 aliphatic carbocycles. The van der Waals surface area contributed by atoms with Crippen molar-refractivity contribution in [2.45, 2.75) is 25.7 Å². The number of nitrogens with zero attached hydrogens (tertiary/aromatic N) is 3. The molecule has 1 aliphatic rings. The standard InChI is InChI=1S/C15H18N4S/c20-15(19-7-3-1-2-4-8-19)18-13-5-6-14-12(9-13)10-16-11-17-14/h5-6,9-11H,1-4,7-8H2,(H,18,20). The van der Waals surface area contributed by atoms with Crippen molar-refractivity contribution in [3.8, 4) is 0 Å². The first-order valence-corrected chi connectivity index (χ1v) is 7.49. The smallest absolute Gasteiger partial charge is 0.173 e. The molecule has 0 bridgehead atoms. The van der Waals surface area contributed by atoms with Gasteiger partial charge in [-0.15, -0.1) is 0 Å². The number of thiocarbonyl (C=S) groups is 1. The Morgan fingerprint density at radius 2 is 1.95 bits per heavy atom. The first-order valence-electron chi connectivity index (χ1n) is 7.09. The van der Waals surface area contributed by atoms with E-state index in [-0.39, 0.29) is 0 Å². The fourth-order valence-corrected chi connectivity index (χ4v) is 2.84. The van der Waals surface area contributed by atoms with Gasteiger partial charge in [-0.25, -0.2) is 9.97 Å². The molecular formula is C15H18N4S. The van der Waals surface area contributed by atoms with Crippen LogP contribution < -0.4 is 5.32 Å². The first-order chi connectivity index (χ1) is 9.83. The molecule has 1 fully saturated rings. The van der Waals surface area contributed by atoms with Gasteiger partial charge in [-0.2, -0.15) is 0 Å². The molecular weight excluding hydrogens is 268 g/mol. The summed E-state index contributed by atoms with van der Waals surface area (Å²) in [6.45, 7) is 2.12. The van der Waals surface area contributed by atoms with Crippen LogP contribution in [0.25, 0.3) is 10.9 Å². The molecule has 1 aromatic heterocycles. The molecule has 4 nitrogen and oxygen atoms in total. The van der Waals surface area contributed by atoms with Crippen molar-refractivity contribution in [2.24, 2.45) is 0 Å². The summed E-state index contributed by atoms with van der Waals surface area (Å²) < 4.78 is 0. The van der Waals surface area contributed by atoms with Crippen LogP contribution in [0.4, 0.5) is 5.69 Å². The topological polar surface area (TPSA) is 41.1 Å². The van der Waals surface area contributed by atoms with Crippen molar-refractivity contribution in [3.63, 3.8) is 0 Å². The molecule has 20 heavy (non-hydrogen) atoms. The monoisotopic (exact) mass is 286 g/mol. The van der Waals surface area contributed by atoms with Gasteiger partial charge in [0.15, 0.2) is 5.11 Å². The largest absolute Gasteiger partial charge is 0.349 e. The maximum absolute atomic E-state index is 5.52. The van der Waals surface area contributed by atoms with E-state index >= 15 is 0 Å². The van der Waals surface area contributed by atoms with Crippen molar-refractivity contribution in [2.75, 3.05) is 18.4 Å². The number of benzene rings is 1. The lowest BCUT2D eigenvalue weighted by Gasteiger charge is -2.24. The summed E-state index contributed by atoms with van der Waals surface area (Å²) in [7, 11) is 0. The van der Waals surface area contributed by atoms with Gasteiger partial charge in [0.25, 0.3) is 0 Å². The van der Waals surface area contributed by atoms with Crippen molar-refractivity contribution in [1.82, 2.24) is 14.9 Å². The molecule has 5 heteroatoms.